The van der Waals surface area contributed by atoms with Gasteiger partial charge in [-0.15, -0.1) is 0 Å². The van der Waals surface area contributed by atoms with Crippen LogP contribution in [0.3, 0.4) is 0 Å². The van der Waals surface area contributed by atoms with Crippen molar-refractivity contribution >= 4 is 34.4 Å². The molecule has 2 saturated heterocycles. The minimum Gasteiger partial charge on any atom is -0.453 e. The number of nitrogens with one attached hydrogen (secondary N) is 1. The Hall–Kier alpha value is -2.42. The molecule has 2 aliphatic heterocycles. The number of halogens is 1. The molecule has 0 bridgehead atoms. The predicted octanol–water partition coefficient (Wildman–Crippen LogP) is 4.38. The summed E-state index contributed by atoms with van der Waals surface area (Å²) in [5.74, 6) is 0.261. The number of carbonyl (C=O) groups excluding carboxylic acids is 2. The number of ether oxygens (including phenoxy) is 1. The van der Waals surface area contributed by atoms with Gasteiger partial charge in [-0.2, -0.15) is 0 Å². The van der Waals surface area contributed by atoms with Crippen LogP contribution >= 0.6 is 11.6 Å². The standard InChI is InChI=1S/C27H34ClN3O4S/c1-35-26(33)29-24(21-5-7-22(28)8-6-21)11-15-30-16-12-27(13-17-30)14-18-31(25(27)32)19-20-3-9-23(10-4-20)36(2)34/h3-10,24H,11-19H2,1-2H3,(H,29,33). The maximum Gasteiger partial charge on any atom is 0.407 e. The molecule has 2 heterocycles. The number of rotatable bonds is 8. The third-order valence-corrected chi connectivity index (χ3v) is 8.71. The lowest BCUT2D eigenvalue weighted by atomic mass is 9.77. The van der Waals surface area contributed by atoms with Crippen LogP contribution in [0.15, 0.2) is 53.4 Å². The molecule has 2 aromatic rings. The molecule has 2 fully saturated rings. The van der Waals surface area contributed by atoms with Crippen molar-refractivity contribution in [2.24, 2.45) is 5.41 Å². The van der Waals surface area contributed by atoms with Crippen LogP contribution in [-0.2, 0) is 26.9 Å². The summed E-state index contributed by atoms with van der Waals surface area (Å²) in [5.41, 5.74) is 1.79. The SMILES string of the molecule is COC(=O)NC(CCN1CCC2(CC1)CCN(Cc1ccc(S(C)=O)cc1)C2=O)c1ccc(Cl)cc1. The van der Waals surface area contributed by atoms with Gasteiger partial charge in [0, 0.05) is 46.6 Å². The largest absolute Gasteiger partial charge is 0.453 e. The maximum absolute atomic E-state index is 13.4. The summed E-state index contributed by atoms with van der Waals surface area (Å²) in [4.78, 5) is 30.4. The van der Waals surface area contributed by atoms with E-state index in [9.17, 15) is 13.8 Å². The number of hydrogen-bond donors (Lipinski definition) is 1. The van der Waals surface area contributed by atoms with E-state index in [1.807, 2.05) is 53.4 Å². The molecule has 2 unspecified atom stereocenters. The van der Waals surface area contributed by atoms with Gasteiger partial charge in [-0.25, -0.2) is 4.79 Å². The topological polar surface area (TPSA) is 79.0 Å². The average molecular weight is 532 g/mol. The molecule has 2 amide bonds. The number of alkyl carbamates (subject to hydrolysis) is 1. The smallest absolute Gasteiger partial charge is 0.407 e. The molecular formula is C27H34ClN3O4S. The van der Waals surface area contributed by atoms with Gasteiger partial charge in [-0.05, 0) is 74.2 Å². The number of benzene rings is 2. The molecule has 9 heteroatoms. The van der Waals surface area contributed by atoms with E-state index in [4.69, 9.17) is 16.3 Å². The van der Waals surface area contributed by atoms with E-state index in [2.05, 4.69) is 10.2 Å². The minimum absolute atomic E-state index is 0.175. The summed E-state index contributed by atoms with van der Waals surface area (Å²) >= 11 is 6.03. The summed E-state index contributed by atoms with van der Waals surface area (Å²) in [7, 11) is 0.365. The quantitative estimate of drug-likeness (QED) is 0.547. The van der Waals surface area contributed by atoms with E-state index >= 15 is 0 Å². The predicted molar refractivity (Wildman–Crippen MR) is 141 cm³/mol. The third kappa shape index (κ3) is 6.28. The molecule has 7 nitrogen and oxygen atoms in total. The van der Waals surface area contributed by atoms with E-state index in [1.54, 1.807) is 6.26 Å². The van der Waals surface area contributed by atoms with Crippen LogP contribution in [0.25, 0.3) is 0 Å². The fourth-order valence-corrected chi connectivity index (χ4v) is 5.89. The van der Waals surface area contributed by atoms with Gasteiger partial charge in [0.25, 0.3) is 0 Å². The molecule has 2 aliphatic rings. The van der Waals surface area contributed by atoms with Gasteiger partial charge in [-0.3, -0.25) is 9.00 Å². The van der Waals surface area contributed by atoms with Gasteiger partial charge in [0.2, 0.25) is 5.91 Å². The zero-order valence-corrected chi connectivity index (χ0v) is 22.4. The van der Waals surface area contributed by atoms with Crippen LogP contribution < -0.4 is 5.32 Å². The number of likely N-dealkylation sites (tertiary alicyclic amines) is 2. The molecule has 1 spiro atoms. The zero-order chi connectivity index (χ0) is 25.7. The highest BCUT2D eigenvalue weighted by Crippen LogP contribution is 2.42. The number of hydrogen-bond acceptors (Lipinski definition) is 5. The maximum atomic E-state index is 13.4. The minimum atomic E-state index is -0.999. The van der Waals surface area contributed by atoms with Gasteiger partial charge >= 0.3 is 6.09 Å². The van der Waals surface area contributed by atoms with Crippen molar-refractivity contribution < 1.29 is 18.5 Å². The molecular weight excluding hydrogens is 498 g/mol. The zero-order valence-electron chi connectivity index (χ0n) is 20.9. The van der Waals surface area contributed by atoms with Crippen LogP contribution in [0, 0.1) is 5.41 Å². The van der Waals surface area contributed by atoms with Gasteiger partial charge in [0.15, 0.2) is 0 Å². The fourth-order valence-electron chi connectivity index (χ4n) is 5.25. The molecule has 0 radical (unpaired) electrons. The Morgan fingerprint density at radius 2 is 1.72 bits per heavy atom. The van der Waals surface area contributed by atoms with Gasteiger partial charge in [0.1, 0.15) is 0 Å². The third-order valence-electron chi connectivity index (χ3n) is 7.53. The highest BCUT2D eigenvalue weighted by molar-refractivity contribution is 7.84. The molecule has 0 saturated carbocycles. The number of methoxy groups -OCH3 is 1. The summed E-state index contributed by atoms with van der Waals surface area (Å²) in [6.45, 7) is 3.92. The van der Waals surface area contributed by atoms with E-state index in [0.29, 0.717) is 11.6 Å². The molecule has 36 heavy (non-hydrogen) atoms. The van der Waals surface area contributed by atoms with Gasteiger partial charge in [-0.1, -0.05) is 35.9 Å². The van der Waals surface area contributed by atoms with Crippen LogP contribution in [0.1, 0.15) is 42.9 Å². The van der Waals surface area contributed by atoms with Crippen molar-refractivity contribution in [3.05, 3.63) is 64.7 Å². The molecule has 0 aliphatic carbocycles. The molecule has 2 aromatic carbocycles. The Morgan fingerprint density at radius 3 is 2.33 bits per heavy atom. The normalized spacial score (nSPS) is 19.3. The number of carbonyl (C=O) groups is 2. The van der Waals surface area contributed by atoms with Crippen molar-refractivity contribution in [1.82, 2.24) is 15.1 Å². The van der Waals surface area contributed by atoms with Crippen LogP contribution in [0.4, 0.5) is 4.79 Å². The lowest BCUT2D eigenvalue weighted by Crippen LogP contribution is -2.45. The van der Waals surface area contributed by atoms with E-state index in [1.165, 1.54) is 7.11 Å². The Kier molecular flexibility index (Phi) is 8.70. The lowest BCUT2D eigenvalue weighted by Gasteiger charge is -2.38. The van der Waals surface area contributed by atoms with E-state index < -0.39 is 16.9 Å². The van der Waals surface area contributed by atoms with Gasteiger partial charge in [0.05, 0.1) is 18.6 Å². The van der Waals surface area contributed by atoms with Crippen molar-refractivity contribution in [3.63, 3.8) is 0 Å². The molecule has 0 aromatic heterocycles. The summed E-state index contributed by atoms with van der Waals surface area (Å²) < 4.78 is 16.4. The van der Waals surface area contributed by atoms with Crippen molar-refractivity contribution in [2.45, 2.75) is 43.2 Å². The van der Waals surface area contributed by atoms with Crippen LogP contribution in [-0.4, -0.2) is 65.6 Å². The fraction of sp³-hybridized carbons (Fsp3) is 0.481. The second-order valence-electron chi connectivity index (χ2n) is 9.73. The summed E-state index contributed by atoms with van der Waals surface area (Å²) in [6.07, 6.45) is 4.55. The Bertz CT molecular complexity index is 1090. The second kappa shape index (κ2) is 11.8. The molecule has 194 valence electrons. The monoisotopic (exact) mass is 531 g/mol. The second-order valence-corrected chi connectivity index (χ2v) is 11.5. The van der Waals surface area contributed by atoms with E-state index in [-0.39, 0.29) is 17.4 Å². The van der Waals surface area contributed by atoms with E-state index in [0.717, 1.165) is 67.9 Å². The van der Waals surface area contributed by atoms with Crippen molar-refractivity contribution in [2.75, 3.05) is 39.5 Å². The highest BCUT2D eigenvalue weighted by Gasteiger charge is 2.47. The summed E-state index contributed by atoms with van der Waals surface area (Å²) in [5, 5.41) is 3.58. The first-order chi connectivity index (χ1) is 17.3. The van der Waals surface area contributed by atoms with Crippen molar-refractivity contribution in [3.8, 4) is 0 Å². The molecule has 2 atom stereocenters. The number of piperidine rings is 1. The average Bonchev–Trinajstić information content (AvgIpc) is 3.18. The van der Waals surface area contributed by atoms with Crippen LogP contribution in [0.5, 0.6) is 0 Å². The first-order valence-corrected chi connectivity index (χ1v) is 14.3. The molecule has 1 N–H and O–H groups in total. The first kappa shape index (κ1) is 26.6. The Labute approximate surface area is 220 Å². The summed E-state index contributed by atoms with van der Waals surface area (Å²) in [6, 6.07) is 15.0. The number of amides is 2. The highest BCUT2D eigenvalue weighted by atomic mass is 35.5. The number of nitrogens with zero attached hydrogens (tertiary/aromatic N) is 2. The first-order valence-electron chi connectivity index (χ1n) is 12.3. The van der Waals surface area contributed by atoms with Crippen molar-refractivity contribution in [1.29, 1.82) is 0 Å². The lowest BCUT2D eigenvalue weighted by molar-refractivity contribution is -0.138. The Balaban J connectivity index is 1.30. The molecule has 4 rings (SSSR count). The van der Waals surface area contributed by atoms with Crippen LogP contribution in [0.2, 0.25) is 5.02 Å². The van der Waals surface area contributed by atoms with Gasteiger partial charge < -0.3 is 19.9 Å². The Morgan fingerprint density at radius 1 is 1.08 bits per heavy atom.